The maximum atomic E-state index is 12.9. The van der Waals surface area contributed by atoms with Gasteiger partial charge in [-0.05, 0) is 73.6 Å². The van der Waals surface area contributed by atoms with Crippen molar-refractivity contribution in [3.05, 3.63) is 58.8 Å². The molecule has 1 aromatic heterocycles. The van der Waals surface area contributed by atoms with Crippen LogP contribution in [-0.4, -0.2) is 36.8 Å². The molecule has 0 saturated carbocycles. The molecule has 1 amide bonds. The summed E-state index contributed by atoms with van der Waals surface area (Å²) in [5.41, 5.74) is 6.18. The van der Waals surface area contributed by atoms with E-state index in [-0.39, 0.29) is 17.4 Å². The van der Waals surface area contributed by atoms with Crippen molar-refractivity contribution < 1.29 is 14.3 Å². The second-order valence-electron chi connectivity index (χ2n) is 10.5. The molecular formula is C28H37N3O3. The number of ether oxygens (including phenoxy) is 2. The van der Waals surface area contributed by atoms with Gasteiger partial charge in [-0.2, -0.15) is 0 Å². The molecule has 0 aliphatic carbocycles. The number of nitrogens with one attached hydrogen (secondary N) is 3. The number of fused-ring (bicyclic) bond motifs is 1. The van der Waals surface area contributed by atoms with Gasteiger partial charge in [0, 0.05) is 42.0 Å². The Hall–Kier alpha value is -2.83. The van der Waals surface area contributed by atoms with Crippen LogP contribution in [0.2, 0.25) is 0 Å². The standard InChI is InChI=1S/C28H37N3O3/c1-18-23-12-13-24(19(2)26(23)30-25(18)15-29-17-28(3,4)5)31-27(32)20-8-10-21(11-9-20)34-16-22-7-6-14-33-22/h8-13,22,29-30H,6-7,14-17H2,1-5H3,(H,31,32)/t22-/m0/s1. The highest BCUT2D eigenvalue weighted by molar-refractivity contribution is 6.06. The highest BCUT2D eigenvalue weighted by Crippen LogP contribution is 2.30. The summed E-state index contributed by atoms with van der Waals surface area (Å²) in [7, 11) is 0. The number of aromatic amines is 1. The third kappa shape index (κ3) is 5.80. The molecular weight excluding hydrogens is 426 g/mol. The monoisotopic (exact) mass is 463 g/mol. The van der Waals surface area contributed by atoms with Crippen molar-refractivity contribution in [2.24, 2.45) is 5.41 Å². The summed E-state index contributed by atoms with van der Waals surface area (Å²) in [5, 5.41) is 7.80. The van der Waals surface area contributed by atoms with Crippen LogP contribution in [0.5, 0.6) is 5.75 Å². The lowest BCUT2D eigenvalue weighted by molar-refractivity contribution is 0.0679. The van der Waals surface area contributed by atoms with Gasteiger partial charge in [-0.3, -0.25) is 4.79 Å². The van der Waals surface area contributed by atoms with Crippen LogP contribution in [0.1, 0.15) is 60.8 Å². The minimum absolute atomic E-state index is 0.136. The topological polar surface area (TPSA) is 75.4 Å². The molecule has 3 aromatic rings. The fraction of sp³-hybridized carbons (Fsp3) is 0.464. The maximum Gasteiger partial charge on any atom is 0.255 e. The number of rotatable bonds is 8. The van der Waals surface area contributed by atoms with E-state index >= 15 is 0 Å². The van der Waals surface area contributed by atoms with Gasteiger partial charge < -0.3 is 25.1 Å². The Labute approximate surface area is 202 Å². The van der Waals surface area contributed by atoms with Crippen LogP contribution in [0.4, 0.5) is 5.69 Å². The average molecular weight is 464 g/mol. The highest BCUT2D eigenvalue weighted by Gasteiger charge is 2.17. The van der Waals surface area contributed by atoms with Crippen LogP contribution >= 0.6 is 0 Å². The van der Waals surface area contributed by atoms with E-state index in [9.17, 15) is 4.79 Å². The van der Waals surface area contributed by atoms with Gasteiger partial charge in [0.1, 0.15) is 12.4 Å². The summed E-state index contributed by atoms with van der Waals surface area (Å²) in [5.74, 6) is 0.614. The smallest absolute Gasteiger partial charge is 0.255 e. The summed E-state index contributed by atoms with van der Waals surface area (Å²) in [6.07, 6.45) is 2.31. The summed E-state index contributed by atoms with van der Waals surface area (Å²) < 4.78 is 11.4. The lowest BCUT2D eigenvalue weighted by Crippen LogP contribution is -2.26. The van der Waals surface area contributed by atoms with Crippen molar-refractivity contribution in [2.45, 2.75) is 60.1 Å². The van der Waals surface area contributed by atoms with E-state index < -0.39 is 0 Å². The van der Waals surface area contributed by atoms with Crippen LogP contribution in [-0.2, 0) is 11.3 Å². The second kappa shape index (κ2) is 10.2. The Morgan fingerprint density at radius 1 is 1.12 bits per heavy atom. The molecule has 1 fully saturated rings. The lowest BCUT2D eigenvalue weighted by atomic mass is 9.97. The van der Waals surface area contributed by atoms with Crippen LogP contribution in [0.3, 0.4) is 0 Å². The van der Waals surface area contributed by atoms with Crippen molar-refractivity contribution in [2.75, 3.05) is 25.1 Å². The third-order valence-electron chi connectivity index (χ3n) is 6.38. The minimum atomic E-state index is -0.136. The number of carbonyl (C=O) groups excluding carboxylic acids is 1. The molecule has 1 aliphatic heterocycles. The predicted octanol–water partition coefficient (Wildman–Crippen LogP) is 5.73. The summed E-state index contributed by atoms with van der Waals surface area (Å²) in [4.78, 5) is 16.5. The van der Waals surface area contributed by atoms with Gasteiger partial charge in [0.25, 0.3) is 5.91 Å². The number of H-pyrrole nitrogens is 1. The first kappa shape index (κ1) is 24.3. The molecule has 34 heavy (non-hydrogen) atoms. The Morgan fingerprint density at radius 3 is 2.56 bits per heavy atom. The van der Waals surface area contributed by atoms with Crippen molar-refractivity contribution in [1.29, 1.82) is 0 Å². The van der Waals surface area contributed by atoms with Gasteiger partial charge in [-0.15, -0.1) is 0 Å². The molecule has 0 spiro atoms. The molecule has 0 bridgehead atoms. The van der Waals surface area contributed by atoms with E-state index in [2.05, 4.69) is 49.4 Å². The van der Waals surface area contributed by atoms with Crippen molar-refractivity contribution in [1.82, 2.24) is 10.3 Å². The van der Waals surface area contributed by atoms with Crippen molar-refractivity contribution >= 4 is 22.5 Å². The second-order valence-corrected chi connectivity index (χ2v) is 10.5. The van der Waals surface area contributed by atoms with Gasteiger partial charge in [-0.25, -0.2) is 0 Å². The number of anilines is 1. The highest BCUT2D eigenvalue weighted by atomic mass is 16.5. The number of aromatic nitrogens is 1. The minimum Gasteiger partial charge on any atom is -0.491 e. The van der Waals surface area contributed by atoms with E-state index in [1.807, 2.05) is 25.1 Å². The third-order valence-corrected chi connectivity index (χ3v) is 6.38. The molecule has 2 aromatic carbocycles. The molecule has 6 heteroatoms. The van der Waals surface area contributed by atoms with E-state index in [4.69, 9.17) is 9.47 Å². The maximum absolute atomic E-state index is 12.9. The number of carbonyl (C=O) groups is 1. The van der Waals surface area contributed by atoms with Gasteiger partial charge in [0.15, 0.2) is 0 Å². The van der Waals surface area contributed by atoms with E-state index in [0.717, 1.165) is 55.1 Å². The molecule has 2 heterocycles. The van der Waals surface area contributed by atoms with Gasteiger partial charge >= 0.3 is 0 Å². The normalized spacial score (nSPS) is 16.2. The zero-order valence-electron chi connectivity index (χ0n) is 21.0. The SMILES string of the molecule is Cc1c(CNCC(C)(C)C)[nH]c2c(C)c(NC(=O)c3ccc(OC[C@@H]4CCCO4)cc3)ccc12. The largest absolute Gasteiger partial charge is 0.491 e. The number of aryl methyl sites for hydroxylation is 2. The van der Waals surface area contributed by atoms with E-state index in [1.165, 1.54) is 16.6 Å². The summed E-state index contributed by atoms with van der Waals surface area (Å²) >= 11 is 0. The Balaban J connectivity index is 1.41. The predicted molar refractivity (Wildman–Crippen MR) is 138 cm³/mol. The quantitative estimate of drug-likeness (QED) is 0.399. The Bertz CT molecular complexity index is 1140. The van der Waals surface area contributed by atoms with Crippen LogP contribution in [0.15, 0.2) is 36.4 Å². The molecule has 1 atom stereocenters. The van der Waals surface area contributed by atoms with Gasteiger partial charge in [-0.1, -0.05) is 26.8 Å². The van der Waals surface area contributed by atoms with Gasteiger partial charge in [0.2, 0.25) is 0 Å². The van der Waals surface area contributed by atoms with E-state index in [0.29, 0.717) is 12.2 Å². The molecule has 182 valence electrons. The van der Waals surface area contributed by atoms with Crippen LogP contribution < -0.4 is 15.4 Å². The average Bonchev–Trinajstić information content (AvgIpc) is 3.42. The molecule has 0 unspecified atom stereocenters. The van der Waals surface area contributed by atoms with Crippen molar-refractivity contribution in [3.63, 3.8) is 0 Å². The molecule has 4 rings (SSSR count). The molecule has 1 saturated heterocycles. The van der Waals surface area contributed by atoms with Gasteiger partial charge in [0.05, 0.1) is 11.6 Å². The first-order chi connectivity index (χ1) is 16.2. The number of benzene rings is 2. The lowest BCUT2D eigenvalue weighted by Gasteiger charge is -2.18. The molecule has 1 aliphatic rings. The fourth-order valence-electron chi connectivity index (χ4n) is 4.33. The number of hydrogen-bond donors (Lipinski definition) is 3. The first-order valence-electron chi connectivity index (χ1n) is 12.2. The summed E-state index contributed by atoms with van der Waals surface area (Å²) in [6, 6.07) is 11.3. The molecule has 3 N–H and O–H groups in total. The van der Waals surface area contributed by atoms with Crippen LogP contribution in [0.25, 0.3) is 10.9 Å². The zero-order valence-corrected chi connectivity index (χ0v) is 21.0. The molecule has 0 radical (unpaired) electrons. The van der Waals surface area contributed by atoms with Crippen LogP contribution in [0, 0.1) is 19.3 Å². The number of hydrogen-bond acceptors (Lipinski definition) is 4. The Morgan fingerprint density at radius 2 is 1.88 bits per heavy atom. The van der Waals surface area contributed by atoms with E-state index in [1.54, 1.807) is 12.1 Å². The first-order valence-corrected chi connectivity index (χ1v) is 12.2. The zero-order chi connectivity index (χ0) is 24.3. The summed E-state index contributed by atoms with van der Waals surface area (Å²) in [6.45, 7) is 14.0. The van der Waals surface area contributed by atoms with Crippen molar-refractivity contribution in [3.8, 4) is 5.75 Å². The number of amides is 1. The fourth-order valence-corrected chi connectivity index (χ4v) is 4.33. The Kier molecular flexibility index (Phi) is 7.29. The molecule has 6 nitrogen and oxygen atoms in total.